The van der Waals surface area contributed by atoms with Gasteiger partial charge < -0.3 is 10.6 Å². The van der Waals surface area contributed by atoms with E-state index in [1.807, 2.05) is 0 Å². The van der Waals surface area contributed by atoms with Gasteiger partial charge in [0.15, 0.2) is 0 Å². The van der Waals surface area contributed by atoms with E-state index in [0.717, 1.165) is 12.5 Å². The highest BCUT2D eigenvalue weighted by Crippen LogP contribution is 2.42. The van der Waals surface area contributed by atoms with Crippen molar-refractivity contribution in [2.45, 2.75) is 38.6 Å². The Balaban J connectivity index is 1.59. The van der Waals surface area contributed by atoms with Crippen molar-refractivity contribution in [1.29, 1.82) is 0 Å². The zero-order chi connectivity index (χ0) is 14.2. The van der Waals surface area contributed by atoms with Crippen molar-refractivity contribution < 1.29 is 0 Å². The summed E-state index contributed by atoms with van der Waals surface area (Å²) >= 11 is 2.11. The number of rotatable bonds is 4. The molecule has 20 heavy (non-hydrogen) atoms. The predicted molar refractivity (Wildman–Crippen MR) is 88.2 cm³/mol. The van der Waals surface area contributed by atoms with Crippen LogP contribution in [0.1, 0.15) is 33.1 Å². The normalized spacial score (nSPS) is 36.1. The van der Waals surface area contributed by atoms with E-state index in [-0.39, 0.29) is 5.54 Å². The molecule has 1 saturated carbocycles. The minimum Gasteiger partial charge on any atom is -0.329 e. The summed E-state index contributed by atoms with van der Waals surface area (Å²) in [5.74, 6) is 3.54. The van der Waals surface area contributed by atoms with Crippen LogP contribution in [0.2, 0.25) is 0 Å². The first kappa shape index (κ1) is 15.1. The SMILES string of the molecule is CC1(C)CSCC(CN)(N2CCN(CC3CC3)CC2)C1. The standard InChI is InChI=1S/C16H31N3S/c1-15(2)10-16(11-17,13-20-12-15)19-7-5-18(6-8-19)9-14-3-4-14/h14H,3-13,17H2,1-2H3. The third kappa shape index (κ3) is 3.34. The summed E-state index contributed by atoms with van der Waals surface area (Å²) in [5, 5.41) is 0. The summed E-state index contributed by atoms with van der Waals surface area (Å²) in [7, 11) is 0. The fraction of sp³-hybridized carbons (Fsp3) is 1.00. The molecule has 1 unspecified atom stereocenters. The first-order valence-electron chi connectivity index (χ1n) is 8.28. The van der Waals surface area contributed by atoms with Crippen LogP contribution in [-0.2, 0) is 0 Å². The Morgan fingerprint density at radius 2 is 1.80 bits per heavy atom. The van der Waals surface area contributed by atoms with Gasteiger partial charge in [0.25, 0.3) is 0 Å². The van der Waals surface area contributed by atoms with Crippen molar-refractivity contribution in [1.82, 2.24) is 9.80 Å². The van der Waals surface area contributed by atoms with E-state index < -0.39 is 0 Å². The third-order valence-corrected chi connectivity index (χ3v) is 7.03. The molecule has 0 spiro atoms. The lowest BCUT2D eigenvalue weighted by Gasteiger charge is -2.52. The van der Waals surface area contributed by atoms with Gasteiger partial charge in [-0.15, -0.1) is 0 Å². The van der Waals surface area contributed by atoms with Gasteiger partial charge in [-0.3, -0.25) is 4.90 Å². The maximum absolute atomic E-state index is 6.25. The van der Waals surface area contributed by atoms with Crippen molar-refractivity contribution in [3.05, 3.63) is 0 Å². The summed E-state index contributed by atoms with van der Waals surface area (Å²) in [4.78, 5) is 5.41. The summed E-state index contributed by atoms with van der Waals surface area (Å²) in [5.41, 5.74) is 6.95. The molecule has 0 bridgehead atoms. The zero-order valence-electron chi connectivity index (χ0n) is 13.2. The smallest absolute Gasteiger partial charge is 0.0428 e. The molecule has 3 rings (SSSR count). The zero-order valence-corrected chi connectivity index (χ0v) is 14.1. The predicted octanol–water partition coefficient (Wildman–Crippen LogP) is 1.87. The minimum atomic E-state index is 0.262. The average Bonchev–Trinajstić information content (AvgIpc) is 3.22. The first-order chi connectivity index (χ1) is 9.53. The van der Waals surface area contributed by atoms with E-state index in [0.29, 0.717) is 5.41 Å². The molecular weight excluding hydrogens is 266 g/mol. The maximum atomic E-state index is 6.25. The van der Waals surface area contributed by atoms with Crippen LogP contribution in [0, 0.1) is 11.3 Å². The molecule has 2 heterocycles. The topological polar surface area (TPSA) is 32.5 Å². The number of nitrogens with two attached hydrogens (primary N) is 1. The largest absolute Gasteiger partial charge is 0.329 e. The van der Waals surface area contributed by atoms with Gasteiger partial charge in [-0.2, -0.15) is 11.8 Å². The fourth-order valence-electron chi connectivity index (χ4n) is 4.04. The van der Waals surface area contributed by atoms with Crippen LogP contribution in [-0.4, -0.2) is 66.1 Å². The molecule has 3 nitrogen and oxygen atoms in total. The highest BCUT2D eigenvalue weighted by atomic mass is 32.2. The molecule has 2 aliphatic heterocycles. The number of nitrogens with zero attached hydrogens (tertiary/aromatic N) is 2. The molecule has 4 heteroatoms. The molecular formula is C16H31N3S. The molecule has 116 valence electrons. The molecule has 0 amide bonds. The Morgan fingerprint density at radius 3 is 2.35 bits per heavy atom. The molecule has 0 aromatic rings. The molecule has 2 N–H and O–H groups in total. The molecule has 2 saturated heterocycles. The maximum Gasteiger partial charge on any atom is 0.0428 e. The summed E-state index contributed by atoms with van der Waals surface area (Å²) in [6.07, 6.45) is 4.21. The average molecular weight is 298 g/mol. The molecule has 3 fully saturated rings. The van der Waals surface area contributed by atoms with Crippen LogP contribution in [0.3, 0.4) is 0 Å². The van der Waals surface area contributed by atoms with Crippen molar-refractivity contribution in [2.24, 2.45) is 17.1 Å². The van der Waals surface area contributed by atoms with Crippen LogP contribution < -0.4 is 5.73 Å². The van der Waals surface area contributed by atoms with E-state index in [9.17, 15) is 0 Å². The van der Waals surface area contributed by atoms with Crippen LogP contribution in [0.15, 0.2) is 0 Å². The van der Waals surface area contributed by atoms with Crippen LogP contribution in [0.25, 0.3) is 0 Å². The van der Waals surface area contributed by atoms with Gasteiger partial charge in [-0.05, 0) is 36.3 Å². The Morgan fingerprint density at radius 1 is 1.10 bits per heavy atom. The number of hydrogen-bond donors (Lipinski definition) is 1. The Hall–Kier alpha value is 0.230. The molecule has 0 aromatic carbocycles. The Labute approximate surface area is 128 Å². The van der Waals surface area contributed by atoms with E-state index in [1.165, 1.54) is 63.5 Å². The monoisotopic (exact) mass is 297 g/mol. The lowest BCUT2D eigenvalue weighted by atomic mass is 9.78. The summed E-state index contributed by atoms with van der Waals surface area (Å²) in [6.45, 7) is 11.9. The van der Waals surface area contributed by atoms with Crippen molar-refractivity contribution in [3.8, 4) is 0 Å². The molecule has 3 aliphatic rings. The second-order valence-electron chi connectivity index (χ2n) is 7.99. The molecule has 0 radical (unpaired) electrons. The first-order valence-corrected chi connectivity index (χ1v) is 9.44. The van der Waals surface area contributed by atoms with Crippen LogP contribution in [0.5, 0.6) is 0 Å². The van der Waals surface area contributed by atoms with Gasteiger partial charge in [-0.1, -0.05) is 13.8 Å². The number of hydrogen-bond acceptors (Lipinski definition) is 4. The molecule has 1 atom stereocenters. The number of piperazine rings is 1. The van der Waals surface area contributed by atoms with Crippen LogP contribution >= 0.6 is 11.8 Å². The van der Waals surface area contributed by atoms with Crippen LogP contribution in [0.4, 0.5) is 0 Å². The van der Waals surface area contributed by atoms with Gasteiger partial charge in [0, 0.05) is 50.6 Å². The van der Waals surface area contributed by atoms with E-state index in [1.54, 1.807) is 0 Å². The minimum absolute atomic E-state index is 0.262. The highest BCUT2D eigenvalue weighted by Gasteiger charge is 2.44. The Bertz CT molecular complexity index is 335. The lowest BCUT2D eigenvalue weighted by molar-refractivity contribution is 0.0216. The Kier molecular flexibility index (Phi) is 4.38. The van der Waals surface area contributed by atoms with Crippen molar-refractivity contribution >= 4 is 11.8 Å². The van der Waals surface area contributed by atoms with Crippen molar-refractivity contribution in [2.75, 3.05) is 50.8 Å². The number of thioether (sulfide) groups is 1. The van der Waals surface area contributed by atoms with E-state index >= 15 is 0 Å². The van der Waals surface area contributed by atoms with E-state index in [4.69, 9.17) is 5.73 Å². The van der Waals surface area contributed by atoms with Crippen molar-refractivity contribution in [3.63, 3.8) is 0 Å². The summed E-state index contributed by atoms with van der Waals surface area (Å²) in [6, 6.07) is 0. The molecule has 0 aromatic heterocycles. The third-order valence-electron chi connectivity index (χ3n) is 5.31. The highest BCUT2D eigenvalue weighted by molar-refractivity contribution is 7.99. The quantitative estimate of drug-likeness (QED) is 0.859. The van der Waals surface area contributed by atoms with Gasteiger partial charge in [0.1, 0.15) is 0 Å². The van der Waals surface area contributed by atoms with Gasteiger partial charge in [0.05, 0.1) is 0 Å². The fourth-order valence-corrected chi connectivity index (χ4v) is 5.58. The van der Waals surface area contributed by atoms with Gasteiger partial charge in [0.2, 0.25) is 0 Å². The second kappa shape index (κ2) is 5.79. The van der Waals surface area contributed by atoms with Gasteiger partial charge >= 0.3 is 0 Å². The second-order valence-corrected chi connectivity index (χ2v) is 8.98. The molecule has 1 aliphatic carbocycles. The van der Waals surface area contributed by atoms with Gasteiger partial charge in [-0.25, -0.2) is 0 Å². The lowest BCUT2D eigenvalue weighted by Crippen LogP contribution is -2.64. The van der Waals surface area contributed by atoms with E-state index in [2.05, 4.69) is 35.4 Å². The summed E-state index contributed by atoms with van der Waals surface area (Å²) < 4.78 is 0.